The Bertz CT molecular complexity index is 49.7. The maximum Gasteiger partial charge on any atom is 0.0582 e. The van der Waals surface area contributed by atoms with Gasteiger partial charge in [-0.15, -0.1) is 0 Å². The van der Waals surface area contributed by atoms with Gasteiger partial charge in [0.05, 0.1) is 6.61 Å². The summed E-state index contributed by atoms with van der Waals surface area (Å²) < 4.78 is 6.95. The minimum atomic E-state index is -1.11. The lowest BCUT2D eigenvalue weighted by atomic mass is 10.3. The third-order valence-electron chi connectivity index (χ3n) is 0.657. The van der Waals surface area contributed by atoms with Gasteiger partial charge in [0, 0.05) is 7.39 Å². The molecule has 1 unspecified atom stereocenters. The predicted octanol–water partition coefficient (Wildman–Crippen LogP) is -0.284. The summed E-state index contributed by atoms with van der Waals surface area (Å²) in [4.78, 5) is 0. The summed E-state index contributed by atoms with van der Waals surface area (Å²) in [5.74, 6) is 0. The van der Waals surface area contributed by atoms with Gasteiger partial charge in [0.15, 0.2) is 0 Å². The van der Waals surface area contributed by atoms with Gasteiger partial charge in [-0.05, 0) is 6.42 Å². The van der Waals surface area contributed by atoms with Crippen molar-refractivity contribution >= 4 is 0 Å². The highest BCUT2D eigenvalue weighted by Crippen LogP contribution is 1.79. The monoisotopic (exact) mass is 90.1 g/mol. The molecular formula is C4H11NO. The average molecular weight is 90.1 g/mol. The van der Waals surface area contributed by atoms with E-state index in [4.69, 9.17) is 12.2 Å². The molecule has 0 amide bonds. The fourth-order valence-electron chi connectivity index (χ4n) is 0.112. The summed E-state index contributed by atoms with van der Waals surface area (Å²) in [7, 11) is 0. The van der Waals surface area contributed by atoms with Crippen LogP contribution in [0.25, 0.3) is 0 Å². The molecule has 0 spiro atoms. The van der Waals surface area contributed by atoms with Gasteiger partial charge in [0.1, 0.15) is 0 Å². The lowest BCUT2D eigenvalue weighted by Gasteiger charge is -1.98. The van der Waals surface area contributed by atoms with Crippen LogP contribution in [0.1, 0.15) is 14.7 Å². The highest BCUT2D eigenvalue weighted by Gasteiger charge is 1.90. The van der Waals surface area contributed by atoms with Crippen molar-refractivity contribution in [3.63, 3.8) is 0 Å². The van der Waals surface area contributed by atoms with Crippen LogP contribution in [0, 0.1) is 0 Å². The van der Waals surface area contributed by atoms with Crippen molar-refractivity contribution in [2.24, 2.45) is 5.73 Å². The van der Waals surface area contributed by atoms with E-state index in [1.165, 1.54) is 0 Å². The molecule has 0 aromatic rings. The summed E-state index contributed by atoms with van der Waals surface area (Å²) in [5, 5.41) is 8.28. The van der Waals surface area contributed by atoms with Crippen LogP contribution >= 0.6 is 0 Å². The van der Waals surface area contributed by atoms with Gasteiger partial charge in [-0.3, -0.25) is 0 Å². The van der Waals surface area contributed by atoms with Crippen LogP contribution in [0.5, 0.6) is 0 Å². The number of nitrogens with two attached hydrogens (primary N) is 1. The molecule has 0 rings (SSSR count). The van der Waals surface area contributed by atoms with E-state index >= 15 is 0 Å². The molecule has 0 aromatic heterocycles. The Hall–Kier alpha value is -0.0800. The average Bonchev–Trinajstić information content (AvgIpc) is 1.68. The molecule has 2 heteroatoms. The normalized spacial score (nSPS) is 22.2. The molecule has 0 fully saturated rings. The van der Waals surface area contributed by atoms with E-state index in [-0.39, 0.29) is 6.61 Å². The van der Waals surface area contributed by atoms with Crippen LogP contribution in [0.15, 0.2) is 0 Å². The van der Waals surface area contributed by atoms with Crippen molar-refractivity contribution in [1.29, 1.82) is 0 Å². The smallest absolute Gasteiger partial charge is 0.0582 e. The third kappa shape index (κ3) is 2.18. The zero-order valence-electron chi connectivity index (χ0n) is 4.94. The quantitative estimate of drug-likeness (QED) is 0.489. The van der Waals surface area contributed by atoms with Gasteiger partial charge in [-0.2, -0.15) is 0 Å². The molecule has 6 heavy (non-hydrogen) atoms. The molecule has 0 aliphatic carbocycles. The Balaban J connectivity index is 3.36. The molecule has 0 aliphatic heterocycles. The number of hydrogen-bond donors (Lipinski definition) is 2. The molecular weight excluding hydrogens is 78.0 g/mol. The molecule has 0 saturated heterocycles. The highest BCUT2D eigenvalue weighted by molar-refractivity contribution is 4.51. The summed E-state index contributed by atoms with van der Waals surface area (Å²) in [5.41, 5.74) is 5.13. The second-order valence-electron chi connectivity index (χ2n) is 1.17. The zero-order chi connectivity index (χ0) is 5.91. The van der Waals surface area contributed by atoms with E-state index in [1.807, 2.05) is 0 Å². The standard InChI is InChI=1S/C4H11NO/c1-2-4(5)3-6/h4,6H,2-3,5H2,1H3/i4D. The Morgan fingerprint density at radius 2 is 2.67 bits per heavy atom. The first-order valence-corrected chi connectivity index (χ1v) is 2.02. The number of aliphatic hydroxyl groups is 1. The van der Waals surface area contributed by atoms with Gasteiger partial charge in [-0.25, -0.2) is 0 Å². The summed E-state index contributed by atoms with van der Waals surface area (Å²) in [6, 6.07) is -1.11. The van der Waals surface area contributed by atoms with Crippen LogP contribution in [0.2, 0.25) is 0 Å². The molecule has 1 atom stereocenters. The van der Waals surface area contributed by atoms with Crippen LogP contribution in [-0.4, -0.2) is 17.7 Å². The van der Waals surface area contributed by atoms with Gasteiger partial charge in [0.2, 0.25) is 0 Å². The zero-order valence-corrected chi connectivity index (χ0v) is 3.94. The first-order valence-electron chi connectivity index (χ1n) is 2.52. The van der Waals surface area contributed by atoms with E-state index in [9.17, 15) is 0 Å². The topological polar surface area (TPSA) is 46.2 Å². The largest absolute Gasteiger partial charge is 0.395 e. The van der Waals surface area contributed by atoms with E-state index in [2.05, 4.69) is 0 Å². The lowest BCUT2D eigenvalue weighted by molar-refractivity contribution is 0.263. The molecule has 0 heterocycles. The Morgan fingerprint density at radius 3 is 2.67 bits per heavy atom. The molecule has 38 valence electrons. The van der Waals surface area contributed by atoms with Gasteiger partial charge < -0.3 is 10.8 Å². The number of rotatable bonds is 2. The van der Waals surface area contributed by atoms with Gasteiger partial charge in [-0.1, -0.05) is 6.92 Å². The molecule has 2 nitrogen and oxygen atoms in total. The van der Waals surface area contributed by atoms with E-state index in [0.717, 1.165) is 0 Å². The molecule has 0 radical (unpaired) electrons. The summed E-state index contributed by atoms with van der Waals surface area (Å²) in [6.07, 6.45) is 0.490. The van der Waals surface area contributed by atoms with Gasteiger partial charge in [0.25, 0.3) is 0 Å². The van der Waals surface area contributed by atoms with Crippen molar-refractivity contribution in [3.8, 4) is 0 Å². The van der Waals surface area contributed by atoms with Crippen LogP contribution in [-0.2, 0) is 0 Å². The first kappa shape index (κ1) is 4.09. The fourth-order valence-corrected chi connectivity index (χ4v) is 0.112. The van der Waals surface area contributed by atoms with E-state index in [0.29, 0.717) is 6.42 Å². The first-order chi connectivity index (χ1) is 3.12. The van der Waals surface area contributed by atoms with Crippen molar-refractivity contribution in [2.45, 2.75) is 19.4 Å². The molecule has 0 aromatic carbocycles. The summed E-state index contributed by atoms with van der Waals surface area (Å²) >= 11 is 0. The SMILES string of the molecule is [2H]C(N)(CC)CO. The van der Waals surface area contributed by atoms with E-state index in [1.54, 1.807) is 6.92 Å². The summed E-state index contributed by atoms with van der Waals surface area (Å²) in [6.45, 7) is 1.51. The molecule has 0 bridgehead atoms. The van der Waals surface area contributed by atoms with Crippen molar-refractivity contribution in [3.05, 3.63) is 0 Å². The van der Waals surface area contributed by atoms with Gasteiger partial charge >= 0.3 is 0 Å². The molecule has 0 saturated carbocycles. The lowest BCUT2D eigenvalue weighted by Crippen LogP contribution is -2.22. The number of aliphatic hydroxyl groups excluding tert-OH is 1. The minimum Gasteiger partial charge on any atom is -0.395 e. The van der Waals surface area contributed by atoms with Crippen LogP contribution in [0.4, 0.5) is 0 Å². The maximum absolute atomic E-state index is 8.28. The Labute approximate surface area is 39.4 Å². The highest BCUT2D eigenvalue weighted by atomic mass is 16.3. The van der Waals surface area contributed by atoms with Crippen molar-refractivity contribution < 1.29 is 6.48 Å². The minimum absolute atomic E-state index is 0.260. The second-order valence-corrected chi connectivity index (χ2v) is 1.17. The second kappa shape index (κ2) is 3.12. The molecule has 3 N–H and O–H groups in total. The van der Waals surface area contributed by atoms with Crippen molar-refractivity contribution in [2.75, 3.05) is 6.61 Å². The Kier molecular flexibility index (Phi) is 2.13. The molecule has 0 aliphatic rings. The van der Waals surface area contributed by atoms with Crippen molar-refractivity contribution in [1.82, 2.24) is 0 Å². The van der Waals surface area contributed by atoms with E-state index < -0.39 is 6.02 Å². The Morgan fingerprint density at radius 1 is 2.17 bits per heavy atom. The van der Waals surface area contributed by atoms with Crippen LogP contribution < -0.4 is 5.73 Å². The maximum atomic E-state index is 8.28. The van der Waals surface area contributed by atoms with Crippen LogP contribution in [0.3, 0.4) is 0 Å². The fraction of sp³-hybridized carbons (Fsp3) is 1.00. The number of hydrogen-bond acceptors (Lipinski definition) is 2. The third-order valence-corrected chi connectivity index (χ3v) is 0.657. The predicted molar refractivity (Wildman–Crippen MR) is 25.4 cm³/mol.